The third kappa shape index (κ3) is 8.45. The van der Waals surface area contributed by atoms with Crippen LogP contribution in [0.1, 0.15) is 63.7 Å². The maximum atomic E-state index is 12.8. The molecule has 144 valence electrons. The van der Waals surface area contributed by atoms with Gasteiger partial charge in [0.15, 0.2) is 6.61 Å². The van der Waals surface area contributed by atoms with Crippen LogP contribution in [0.4, 0.5) is 8.78 Å². The molecule has 6 heteroatoms. The first-order valence-electron chi connectivity index (χ1n) is 9.64. The highest BCUT2D eigenvalue weighted by atomic mass is 32.1. The summed E-state index contributed by atoms with van der Waals surface area (Å²) in [6.45, 7) is 5.77. The standard InChI is InChI=1S/C19H32F2N2OS/c1-3-11-23(12-9-16-7-5-4-6-8-16)13-10-17-14-22-18(25-17)24-15-19(2,20)21/h14,16H,3-13,15H2,1-2H3. The third-order valence-corrected chi connectivity index (χ3v) is 5.74. The predicted octanol–water partition coefficient (Wildman–Crippen LogP) is 5.40. The number of hydrogen-bond acceptors (Lipinski definition) is 4. The normalized spacial score (nSPS) is 16.5. The van der Waals surface area contributed by atoms with Crippen LogP contribution in [-0.2, 0) is 6.42 Å². The van der Waals surface area contributed by atoms with Gasteiger partial charge in [0.25, 0.3) is 11.1 Å². The molecule has 0 aromatic carbocycles. The van der Waals surface area contributed by atoms with E-state index >= 15 is 0 Å². The van der Waals surface area contributed by atoms with Crippen molar-refractivity contribution in [1.82, 2.24) is 9.88 Å². The Morgan fingerprint density at radius 3 is 2.68 bits per heavy atom. The summed E-state index contributed by atoms with van der Waals surface area (Å²) in [6, 6.07) is 0. The molecule has 1 fully saturated rings. The summed E-state index contributed by atoms with van der Waals surface area (Å²) in [7, 11) is 0. The van der Waals surface area contributed by atoms with Crippen molar-refractivity contribution in [2.24, 2.45) is 5.92 Å². The van der Waals surface area contributed by atoms with Crippen molar-refractivity contribution in [3.63, 3.8) is 0 Å². The molecular weight excluding hydrogens is 342 g/mol. The molecular formula is C19H32F2N2OS. The summed E-state index contributed by atoms with van der Waals surface area (Å²) in [5, 5.41) is 0.348. The second-order valence-electron chi connectivity index (χ2n) is 7.34. The van der Waals surface area contributed by atoms with Crippen molar-refractivity contribution < 1.29 is 13.5 Å². The Bertz CT molecular complexity index is 484. The number of ether oxygens (including phenoxy) is 1. The van der Waals surface area contributed by atoms with Gasteiger partial charge in [-0.3, -0.25) is 0 Å². The van der Waals surface area contributed by atoms with E-state index in [0.717, 1.165) is 43.6 Å². The minimum Gasteiger partial charge on any atom is -0.464 e. The maximum absolute atomic E-state index is 12.8. The van der Waals surface area contributed by atoms with Crippen molar-refractivity contribution in [2.75, 3.05) is 26.2 Å². The Morgan fingerprint density at radius 2 is 2.00 bits per heavy atom. The molecule has 1 aromatic heterocycles. The minimum atomic E-state index is -2.82. The average molecular weight is 375 g/mol. The van der Waals surface area contributed by atoms with Gasteiger partial charge in [0, 0.05) is 24.5 Å². The average Bonchev–Trinajstić information content (AvgIpc) is 3.04. The minimum absolute atomic E-state index is 0.348. The summed E-state index contributed by atoms with van der Waals surface area (Å²) in [5.74, 6) is -1.91. The fraction of sp³-hybridized carbons (Fsp3) is 0.842. The van der Waals surface area contributed by atoms with Crippen LogP contribution in [0, 0.1) is 5.92 Å². The predicted molar refractivity (Wildman–Crippen MR) is 99.9 cm³/mol. The van der Waals surface area contributed by atoms with E-state index in [1.54, 1.807) is 6.20 Å². The van der Waals surface area contributed by atoms with Crippen LogP contribution in [-0.4, -0.2) is 42.0 Å². The van der Waals surface area contributed by atoms with Crippen LogP contribution >= 0.6 is 11.3 Å². The molecule has 0 atom stereocenters. The Balaban J connectivity index is 1.73. The summed E-state index contributed by atoms with van der Waals surface area (Å²) >= 11 is 1.39. The highest BCUT2D eigenvalue weighted by Gasteiger charge is 2.23. The molecule has 0 saturated heterocycles. The number of hydrogen-bond donors (Lipinski definition) is 0. The van der Waals surface area contributed by atoms with Crippen LogP contribution in [0.15, 0.2) is 6.20 Å². The fourth-order valence-corrected chi connectivity index (χ4v) is 4.17. The number of rotatable bonds is 11. The van der Waals surface area contributed by atoms with Gasteiger partial charge in [0.1, 0.15) is 0 Å². The molecule has 1 aliphatic rings. The summed E-state index contributed by atoms with van der Waals surface area (Å²) in [5.41, 5.74) is 0. The lowest BCUT2D eigenvalue weighted by Crippen LogP contribution is -2.29. The van der Waals surface area contributed by atoms with Crippen LogP contribution in [0.3, 0.4) is 0 Å². The van der Waals surface area contributed by atoms with Crippen LogP contribution in [0.2, 0.25) is 0 Å². The molecule has 0 unspecified atom stereocenters. The van der Waals surface area contributed by atoms with Crippen molar-refractivity contribution in [2.45, 2.75) is 71.1 Å². The van der Waals surface area contributed by atoms with Crippen molar-refractivity contribution in [3.05, 3.63) is 11.1 Å². The van der Waals surface area contributed by atoms with Gasteiger partial charge in [-0.15, -0.1) is 0 Å². The SMILES string of the molecule is CCCN(CCc1cnc(OCC(C)(F)F)s1)CCC1CCCCC1. The van der Waals surface area contributed by atoms with Gasteiger partial charge >= 0.3 is 0 Å². The highest BCUT2D eigenvalue weighted by molar-refractivity contribution is 7.13. The van der Waals surface area contributed by atoms with Gasteiger partial charge in [-0.05, 0) is 38.3 Å². The lowest BCUT2D eigenvalue weighted by molar-refractivity contribution is -0.0230. The quantitative estimate of drug-likeness (QED) is 0.518. The first-order valence-corrected chi connectivity index (χ1v) is 10.5. The lowest BCUT2D eigenvalue weighted by atomic mass is 9.87. The fourth-order valence-electron chi connectivity index (χ4n) is 3.42. The van der Waals surface area contributed by atoms with Gasteiger partial charge in [-0.2, -0.15) is 0 Å². The molecule has 0 N–H and O–H groups in total. The Labute approximate surface area is 154 Å². The number of alkyl halides is 2. The van der Waals surface area contributed by atoms with Crippen LogP contribution in [0.25, 0.3) is 0 Å². The van der Waals surface area contributed by atoms with Gasteiger partial charge in [0.05, 0.1) is 0 Å². The Hall–Kier alpha value is -0.750. The summed E-state index contributed by atoms with van der Waals surface area (Å²) < 4.78 is 30.7. The Kier molecular flexibility index (Phi) is 8.56. The van der Waals surface area contributed by atoms with Crippen LogP contribution in [0.5, 0.6) is 5.19 Å². The van der Waals surface area contributed by atoms with Gasteiger partial charge in [0.2, 0.25) is 0 Å². The topological polar surface area (TPSA) is 25.4 Å². The maximum Gasteiger partial charge on any atom is 0.278 e. The Morgan fingerprint density at radius 1 is 1.24 bits per heavy atom. The largest absolute Gasteiger partial charge is 0.464 e. The monoisotopic (exact) mass is 374 g/mol. The molecule has 2 rings (SSSR count). The van der Waals surface area contributed by atoms with Crippen molar-refractivity contribution >= 4 is 11.3 Å². The first kappa shape index (κ1) is 20.6. The molecule has 0 aliphatic heterocycles. The highest BCUT2D eigenvalue weighted by Crippen LogP contribution is 2.27. The van der Waals surface area contributed by atoms with E-state index in [1.165, 1.54) is 56.4 Å². The summed E-state index contributed by atoms with van der Waals surface area (Å²) in [6.07, 6.45) is 12.2. The second kappa shape index (κ2) is 10.4. The third-order valence-electron chi connectivity index (χ3n) is 4.77. The van der Waals surface area contributed by atoms with Crippen LogP contribution < -0.4 is 4.74 Å². The van der Waals surface area contributed by atoms with Crippen molar-refractivity contribution in [3.8, 4) is 5.19 Å². The van der Waals surface area contributed by atoms with Gasteiger partial charge < -0.3 is 9.64 Å². The molecule has 1 heterocycles. The number of nitrogens with zero attached hydrogens (tertiary/aromatic N) is 2. The molecule has 1 aliphatic carbocycles. The molecule has 1 aromatic rings. The first-order chi connectivity index (χ1) is 12.0. The molecule has 25 heavy (non-hydrogen) atoms. The van der Waals surface area contributed by atoms with E-state index in [2.05, 4.69) is 16.8 Å². The molecule has 0 spiro atoms. The zero-order chi connectivity index (χ0) is 18.1. The van der Waals surface area contributed by atoms with E-state index in [-0.39, 0.29) is 0 Å². The van der Waals surface area contributed by atoms with Gasteiger partial charge in [-0.25, -0.2) is 13.8 Å². The second-order valence-corrected chi connectivity index (χ2v) is 8.41. The zero-order valence-electron chi connectivity index (χ0n) is 15.6. The zero-order valence-corrected chi connectivity index (χ0v) is 16.4. The number of aromatic nitrogens is 1. The smallest absolute Gasteiger partial charge is 0.278 e. The molecule has 3 nitrogen and oxygen atoms in total. The van der Waals surface area contributed by atoms with E-state index in [1.807, 2.05) is 0 Å². The van der Waals surface area contributed by atoms with E-state index in [0.29, 0.717) is 5.19 Å². The summed E-state index contributed by atoms with van der Waals surface area (Å²) in [4.78, 5) is 7.75. The number of halogens is 2. The van der Waals surface area contributed by atoms with E-state index in [9.17, 15) is 8.78 Å². The van der Waals surface area contributed by atoms with E-state index in [4.69, 9.17) is 4.74 Å². The molecule has 0 amide bonds. The molecule has 0 radical (unpaired) electrons. The van der Waals surface area contributed by atoms with Gasteiger partial charge in [-0.1, -0.05) is 50.4 Å². The lowest BCUT2D eigenvalue weighted by Gasteiger charge is -2.26. The molecule has 0 bridgehead atoms. The molecule has 1 saturated carbocycles. The van der Waals surface area contributed by atoms with E-state index < -0.39 is 12.5 Å². The number of thiazole rings is 1. The van der Waals surface area contributed by atoms with Crippen molar-refractivity contribution in [1.29, 1.82) is 0 Å².